The molecule has 48 heavy (non-hydrogen) atoms. The zero-order valence-corrected chi connectivity index (χ0v) is 27.6. The molecule has 2 heterocycles. The Hall–Kier alpha value is -4.02. The normalized spacial score (nSPS) is 18.3. The summed E-state index contributed by atoms with van der Waals surface area (Å²) in [4.78, 5) is 32.7. The van der Waals surface area contributed by atoms with Crippen molar-refractivity contribution in [3.05, 3.63) is 88.4 Å². The van der Waals surface area contributed by atoms with Gasteiger partial charge in [-0.25, -0.2) is 10.9 Å². The van der Waals surface area contributed by atoms with Crippen molar-refractivity contribution >= 4 is 47.4 Å². The number of hydrogen-bond donors (Lipinski definition) is 6. The van der Waals surface area contributed by atoms with Crippen LogP contribution in [0.1, 0.15) is 34.8 Å². The molecule has 2 amide bonds. The lowest BCUT2D eigenvalue weighted by Crippen LogP contribution is -2.48. The number of rotatable bonds is 15. The SMILES string of the molecule is COc1ccc2c(c1)C(c1ccc(Cl)cc1)=NC(CC(=O)NCCOCCOCCNC(=O)c1ccc(B(O)O)cc1)C1NNC(C)N21. The highest BCUT2D eigenvalue weighted by Gasteiger charge is 2.40. The van der Waals surface area contributed by atoms with Crippen molar-refractivity contribution in [3.8, 4) is 5.75 Å². The third-order valence-electron chi connectivity index (χ3n) is 8.01. The predicted octanol–water partition coefficient (Wildman–Crippen LogP) is 0.804. The molecule has 254 valence electrons. The molecule has 5 rings (SSSR count). The van der Waals surface area contributed by atoms with E-state index >= 15 is 0 Å². The number of fused-ring (bicyclic) bond motifs is 3. The molecule has 0 radical (unpaired) electrons. The maximum absolute atomic E-state index is 13.1. The molecule has 0 aromatic heterocycles. The Balaban J connectivity index is 1.08. The molecular formula is C33H40BClN6O7. The number of ether oxygens (including phenoxy) is 3. The van der Waals surface area contributed by atoms with Crippen molar-refractivity contribution in [3.63, 3.8) is 0 Å². The molecule has 15 heteroatoms. The molecule has 0 spiro atoms. The molecule has 3 unspecified atom stereocenters. The second-order valence-electron chi connectivity index (χ2n) is 11.3. The Morgan fingerprint density at radius 1 is 0.938 bits per heavy atom. The van der Waals surface area contributed by atoms with Gasteiger partial charge in [0.1, 0.15) is 11.9 Å². The highest BCUT2D eigenvalue weighted by molar-refractivity contribution is 6.58. The summed E-state index contributed by atoms with van der Waals surface area (Å²) in [6, 6.07) is 19.0. The van der Waals surface area contributed by atoms with Gasteiger partial charge in [-0.3, -0.25) is 14.6 Å². The summed E-state index contributed by atoms with van der Waals surface area (Å²) in [5, 5.41) is 24.6. The molecule has 13 nitrogen and oxygen atoms in total. The van der Waals surface area contributed by atoms with E-state index in [9.17, 15) is 9.59 Å². The standard InChI is InChI=1S/C33H40BClN6O7/c1-21-39-40-32-28(38-31(22-5-9-25(35)10-6-22)27-19-26(46-2)11-12-29(27)41(21)32)20-30(42)36-13-15-47-17-18-48-16-14-37-33(43)23-3-7-24(8-4-23)34(44)45/h3-12,19,21,28,32,39-40,44-45H,13-18,20H2,1-2H3,(H,36,42)(H,37,43). The van der Waals surface area contributed by atoms with Gasteiger partial charge in [0.05, 0.1) is 57.9 Å². The summed E-state index contributed by atoms with van der Waals surface area (Å²) >= 11 is 6.19. The van der Waals surface area contributed by atoms with Gasteiger partial charge in [-0.05, 0) is 54.9 Å². The first-order valence-corrected chi connectivity index (χ1v) is 16.1. The van der Waals surface area contributed by atoms with Gasteiger partial charge >= 0.3 is 7.12 Å². The Bertz CT molecular complexity index is 1580. The Morgan fingerprint density at radius 2 is 1.62 bits per heavy atom. The molecule has 2 aliphatic heterocycles. The maximum atomic E-state index is 13.1. The topological polar surface area (TPSA) is 166 Å². The number of anilines is 1. The van der Waals surface area contributed by atoms with Crippen LogP contribution in [0.5, 0.6) is 5.75 Å². The average molecular weight is 679 g/mol. The second-order valence-corrected chi connectivity index (χ2v) is 11.7. The number of carbonyl (C=O) groups is 2. The van der Waals surface area contributed by atoms with Crippen LogP contribution in [0.4, 0.5) is 5.69 Å². The first-order chi connectivity index (χ1) is 23.2. The van der Waals surface area contributed by atoms with E-state index in [0.717, 1.165) is 22.5 Å². The van der Waals surface area contributed by atoms with Crippen molar-refractivity contribution in [2.24, 2.45) is 4.99 Å². The molecule has 0 bridgehead atoms. The smallest absolute Gasteiger partial charge is 0.488 e. The minimum atomic E-state index is -1.58. The summed E-state index contributed by atoms with van der Waals surface area (Å²) in [5.41, 5.74) is 10.8. The lowest BCUT2D eigenvalue weighted by molar-refractivity contribution is -0.121. The highest BCUT2D eigenvalue weighted by atomic mass is 35.5. The van der Waals surface area contributed by atoms with E-state index in [1.54, 1.807) is 7.11 Å². The minimum Gasteiger partial charge on any atom is -0.497 e. The van der Waals surface area contributed by atoms with Crippen molar-refractivity contribution < 1.29 is 33.8 Å². The molecule has 3 aromatic carbocycles. The number of nitrogens with zero attached hydrogens (tertiary/aromatic N) is 2. The van der Waals surface area contributed by atoms with E-state index < -0.39 is 13.2 Å². The number of nitrogens with one attached hydrogen (secondary N) is 4. The van der Waals surface area contributed by atoms with Gasteiger partial charge in [0.25, 0.3) is 5.91 Å². The van der Waals surface area contributed by atoms with E-state index in [-0.39, 0.29) is 30.6 Å². The van der Waals surface area contributed by atoms with Crippen LogP contribution in [0, 0.1) is 0 Å². The predicted molar refractivity (Wildman–Crippen MR) is 184 cm³/mol. The van der Waals surface area contributed by atoms with Gasteiger partial charge in [0, 0.05) is 40.5 Å². The number of benzene rings is 3. The Kier molecular flexibility index (Phi) is 12.4. The van der Waals surface area contributed by atoms with Crippen LogP contribution in [0.25, 0.3) is 0 Å². The van der Waals surface area contributed by atoms with Gasteiger partial charge in [-0.15, -0.1) is 0 Å². The summed E-state index contributed by atoms with van der Waals surface area (Å²) < 4.78 is 16.7. The Morgan fingerprint density at radius 3 is 2.29 bits per heavy atom. The van der Waals surface area contributed by atoms with E-state index in [1.807, 2.05) is 42.5 Å². The van der Waals surface area contributed by atoms with Crippen LogP contribution in [-0.2, 0) is 14.3 Å². The van der Waals surface area contributed by atoms with Crippen LogP contribution in [0.15, 0.2) is 71.7 Å². The van der Waals surface area contributed by atoms with E-state index in [4.69, 9.17) is 40.9 Å². The number of hydrogen-bond acceptors (Lipinski definition) is 11. The molecular weight excluding hydrogens is 639 g/mol. The van der Waals surface area contributed by atoms with Crippen LogP contribution < -0.4 is 36.6 Å². The van der Waals surface area contributed by atoms with Gasteiger partial charge in [0.15, 0.2) is 0 Å². The molecule has 0 aliphatic carbocycles. The number of halogens is 1. The van der Waals surface area contributed by atoms with Crippen molar-refractivity contribution in [1.29, 1.82) is 0 Å². The van der Waals surface area contributed by atoms with Crippen molar-refractivity contribution in [2.75, 3.05) is 51.5 Å². The lowest BCUT2D eigenvalue weighted by Gasteiger charge is -2.31. The fourth-order valence-corrected chi connectivity index (χ4v) is 5.70. The van der Waals surface area contributed by atoms with Crippen LogP contribution >= 0.6 is 11.6 Å². The van der Waals surface area contributed by atoms with Gasteiger partial charge in [-0.1, -0.05) is 35.9 Å². The highest BCUT2D eigenvalue weighted by Crippen LogP contribution is 2.36. The van der Waals surface area contributed by atoms with Gasteiger partial charge in [0.2, 0.25) is 5.91 Å². The summed E-state index contributed by atoms with van der Waals surface area (Å²) in [7, 11) is 0.0534. The molecule has 1 fully saturated rings. The molecule has 6 N–H and O–H groups in total. The Labute approximate surface area is 284 Å². The molecule has 3 aromatic rings. The fourth-order valence-electron chi connectivity index (χ4n) is 5.58. The first kappa shape index (κ1) is 35.3. The number of carbonyl (C=O) groups excluding carboxylic acids is 2. The van der Waals surface area contributed by atoms with Gasteiger partial charge < -0.3 is 39.8 Å². The van der Waals surface area contributed by atoms with E-state index in [2.05, 4.69) is 33.3 Å². The third kappa shape index (κ3) is 8.91. The zero-order valence-electron chi connectivity index (χ0n) is 26.8. The summed E-state index contributed by atoms with van der Waals surface area (Å²) in [6.07, 6.45) is -0.186. The summed E-state index contributed by atoms with van der Waals surface area (Å²) in [6.45, 7) is 3.96. The summed E-state index contributed by atoms with van der Waals surface area (Å²) in [5.74, 6) is 0.270. The van der Waals surface area contributed by atoms with Crippen molar-refractivity contribution in [2.45, 2.75) is 31.7 Å². The third-order valence-corrected chi connectivity index (χ3v) is 8.26. The number of methoxy groups -OCH3 is 1. The maximum Gasteiger partial charge on any atom is 0.488 e. The molecule has 2 aliphatic rings. The monoisotopic (exact) mass is 678 g/mol. The quantitative estimate of drug-likeness (QED) is 0.100. The van der Waals surface area contributed by atoms with Crippen LogP contribution in [0.3, 0.4) is 0 Å². The average Bonchev–Trinajstić information content (AvgIpc) is 3.42. The van der Waals surface area contributed by atoms with E-state index in [0.29, 0.717) is 61.3 Å². The molecule has 1 saturated heterocycles. The zero-order chi connectivity index (χ0) is 34.0. The fraction of sp³-hybridized carbons (Fsp3) is 0.364. The number of amides is 2. The van der Waals surface area contributed by atoms with Crippen LogP contribution in [-0.4, -0.2) is 99.7 Å². The van der Waals surface area contributed by atoms with Gasteiger partial charge in [-0.2, -0.15) is 0 Å². The van der Waals surface area contributed by atoms with Crippen molar-refractivity contribution in [1.82, 2.24) is 21.5 Å². The largest absolute Gasteiger partial charge is 0.497 e. The minimum absolute atomic E-state index is 0.0556. The number of aliphatic imine (C=N–C) groups is 1. The number of hydrazine groups is 1. The van der Waals surface area contributed by atoms with E-state index in [1.165, 1.54) is 24.3 Å². The molecule has 3 atom stereocenters. The second kappa shape index (κ2) is 16.9. The molecule has 0 saturated carbocycles. The lowest BCUT2D eigenvalue weighted by atomic mass is 9.80. The first-order valence-electron chi connectivity index (χ1n) is 15.7. The van der Waals surface area contributed by atoms with Crippen LogP contribution in [0.2, 0.25) is 5.02 Å².